The van der Waals surface area contributed by atoms with E-state index in [9.17, 15) is 9.59 Å². The zero-order valence-electron chi connectivity index (χ0n) is 12.5. The van der Waals surface area contributed by atoms with Crippen molar-refractivity contribution >= 4 is 12.0 Å². The van der Waals surface area contributed by atoms with Gasteiger partial charge in [0.25, 0.3) is 0 Å². The molecule has 5 nitrogen and oxygen atoms in total. The van der Waals surface area contributed by atoms with Crippen LogP contribution in [-0.4, -0.2) is 41.6 Å². The number of amides is 2. The van der Waals surface area contributed by atoms with Crippen LogP contribution >= 0.6 is 0 Å². The summed E-state index contributed by atoms with van der Waals surface area (Å²) >= 11 is 0. The molecule has 1 aliphatic carbocycles. The Labute approximate surface area is 120 Å². The monoisotopic (exact) mass is 282 g/mol. The minimum absolute atomic E-state index is 0.0244. The second kappa shape index (κ2) is 6.46. The quantitative estimate of drug-likeness (QED) is 0.812. The van der Waals surface area contributed by atoms with Crippen LogP contribution in [0.15, 0.2) is 0 Å². The van der Waals surface area contributed by atoms with Crippen LogP contribution in [0.25, 0.3) is 0 Å². The maximum Gasteiger partial charge on any atom is 0.317 e. The van der Waals surface area contributed by atoms with E-state index in [0.717, 1.165) is 31.8 Å². The van der Waals surface area contributed by atoms with Crippen LogP contribution in [-0.2, 0) is 4.79 Å². The van der Waals surface area contributed by atoms with Crippen LogP contribution in [0, 0.1) is 23.7 Å². The molecule has 2 fully saturated rings. The highest BCUT2D eigenvalue weighted by molar-refractivity contribution is 5.74. The Morgan fingerprint density at radius 1 is 1.45 bits per heavy atom. The first-order chi connectivity index (χ1) is 9.47. The molecule has 2 rings (SSSR count). The van der Waals surface area contributed by atoms with Crippen LogP contribution < -0.4 is 5.32 Å². The first kappa shape index (κ1) is 15.1. The van der Waals surface area contributed by atoms with Crippen LogP contribution in [0.3, 0.4) is 0 Å². The Morgan fingerprint density at radius 2 is 2.15 bits per heavy atom. The fraction of sp³-hybridized carbons (Fsp3) is 0.867. The molecule has 2 amide bonds. The Balaban J connectivity index is 1.76. The van der Waals surface area contributed by atoms with E-state index in [1.807, 2.05) is 11.8 Å². The minimum atomic E-state index is -0.748. The number of piperidine rings is 1. The van der Waals surface area contributed by atoms with Crippen molar-refractivity contribution in [2.45, 2.75) is 39.5 Å². The van der Waals surface area contributed by atoms with Crippen LogP contribution in [0.5, 0.6) is 0 Å². The van der Waals surface area contributed by atoms with Crippen LogP contribution in [0.1, 0.15) is 39.5 Å². The van der Waals surface area contributed by atoms with Crippen molar-refractivity contribution in [1.29, 1.82) is 0 Å². The summed E-state index contributed by atoms with van der Waals surface area (Å²) in [6.45, 7) is 6.46. The molecule has 4 atom stereocenters. The molecule has 0 bridgehead atoms. The molecule has 114 valence electrons. The summed E-state index contributed by atoms with van der Waals surface area (Å²) < 4.78 is 0. The second-order valence-electron chi connectivity index (χ2n) is 6.58. The molecule has 5 heteroatoms. The van der Waals surface area contributed by atoms with Gasteiger partial charge in [-0.2, -0.15) is 0 Å². The fourth-order valence-corrected chi connectivity index (χ4v) is 3.11. The van der Waals surface area contributed by atoms with Crippen molar-refractivity contribution in [2.24, 2.45) is 23.7 Å². The van der Waals surface area contributed by atoms with Gasteiger partial charge >= 0.3 is 12.0 Å². The number of hydrogen-bond donors (Lipinski definition) is 2. The number of rotatable bonds is 5. The average Bonchev–Trinajstić information content (AvgIpc) is 3.11. The van der Waals surface area contributed by atoms with Gasteiger partial charge in [0.05, 0.1) is 0 Å². The summed E-state index contributed by atoms with van der Waals surface area (Å²) in [6.07, 6.45) is 3.41. The number of nitrogens with one attached hydrogen (secondary N) is 1. The molecule has 1 saturated heterocycles. The number of hydrogen-bond acceptors (Lipinski definition) is 2. The first-order valence-corrected chi connectivity index (χ1v) is 7.72. The zero-order chi connectivity index (χ0) is 14.7. The molecule has 2 N–H and O–H groups in total. The number of aliphatic carboxylic acids is 1. The van der Waals surface area contributed by atoms with Crippen molar-refractivity contribution in [1.82, 2.24) is 10.2 Å². The minimum Gasteiger partial charge on any atom is -0.481 e. The molecule has 1 aliphatic heterocycles. The summed E-state index contributed by atoms with van der Waals surface area (Å²) in [7, 11) is 0. The van der Waals surface area contributed by atoms with Gasteiger partial charge in [-0.3, -0.25) is 4.79 Å². The highest BCUT2D eigenvalue weighted by Crippen LogP contribution is 2.36. The molecule has 0 aromatic heterocycles. The predicted octanol–water partition coefficient (Wildman–Crippen LogP) is 2.17. The number of carbonyl (C=O) groups is 2. The highest BCUT2D eigenvalue weighted by Gasteiger charge is 2.33. The Bertz CT molecular complexity index is 372. The molecule has 0 aromatic rings. The lowest BCUT2D eigenvalue weighted by Gasteiger charge is -2.35. The SMILES string of the molecule is CC1CC1CNC(=O)N1CCCC(C(C)CC(=O)O)C1. The van der Waals surface area contributed by atoms with Gasteiger partial charge in [0.1, 0.15) is 0 Å². The number of carboxylic acids is 1. The van der Waals surface area contributed by atoms with Crippen molar-refractivity contribution in [2.75, 3.05) is 19.6 Å². The molecule has 2 aliphatic rings. The zero-order valence-corrected chi connectivity index (χ0v) is 12.5. The normalized spacial score (nSPS) is 30.7. The van der Waals surface area contributed by atoms with Crippen molar-refractivity contribution in [3.63, 3.8) is 0 Å². The van der Waals surface area contributed by atoms with Crippen molar-refractivity contribution in [3.8, 4) is 0 Å². The molecule has 0 spiro atoms. The molecule has 4 unspecified atom stereocenters. The molecular weight excluding hydrogens is 256 g/mol. The summed E-state index contributed by atoms with van der Waals surface area (Å²) in [5, 5.41) is 11.9. The van der Waals surface area contributed by atoms with E-state index >= 15 is 0 Å². The number of nitrogens with zero attached hydrogens (tertiary/aromatic N) is 1. The van der Waals surface area contributed by atoms with Gasteiger partial charge in [-0.05, 0) is 42.9 Å². The molecule has 0 radical (unpaired) electrons. The van der Waals surface area contributed by atoms with E-state index in [1.165, 1.54) is 6.42 Å². The van der Waals surface area contributed by atoms with Gasteiger partial charge in [0.2, 0.25) is 0 Å². The summed E-state index contributed by atoms with van der Waals surface area (Å²) in [4.78, 5) is 24.8. The van der Waals surface area contributed by atoms with Crippen LogP contribution in [0.2, 0.25) is 0 Å². The maximum absolute atomic E-state index is 12.1. The Kier molecular flexibility index (Phi) is 4.89. The standard InChI is InChI=1S/C15H26N2O3/c1-10-6-13(10)8-16-15(20)17-5-3-4-12(9-17)11(2)7-14(18)19/h10-13H,3-9H2,1-2H3,(H,16,20)(H,18,19). The molecule has 1 saturated carbocycles. The van der Waals surface area contributed by atoms with Crippen molar-refractivity contribution < 1.29 is 14.7 Å². The smallest absolute Gasteiger partial charge is 0.317 e. The molecule has 20 heavy (non-hydrogen) atoms. The summed E-state index contributed by atoms with van der Waals surface area (Å²) in [6, 6.07) is 0.0244. The topological polar surface area (TPSA) is 69.6 Å². The third kappa shape index (κ3) is 4.12. The van der Waals surface area contributed by atoms with Gasteiger partial charge < -0.3 is 15.3 Å². The van der Waals surface area contributed by atoms with E-state index in [1.54, 1.807) is 0 Å². The average molecular weight is 282 g/mol. The van der Waals surface area contributed by atoms with Gasteiger partial charge in [-0.1, -0.05) is 13.8 Å². The van der Waals surface area contributed by atoms with E-state index < -0.39 is 5.97 Å². The number of likely N-dealkylation sites (tertiary alicyclic amines) is 1. The third-order valence-corrected chi connectivity index (χ3v) is 4.84. The lowest BCUT2D eigenvalue weighted by Crippen LogP contribution is -2.47. The largest absolute Gasteiger partial charge is 0.481 e. The third-order valence-electron chi connectivity index (χ3n) is 4.84. The highest BCUT2D eigenvalue weighted by atomic mass is 16.4. The number of carboxylic acid groups (broad SMARTS) is 1. The van der Waals surface area contributed by atoms with Crippen LogP contribution in [0.4, 0.5) is 4.79 Å². The maximum atomic E-state index is 12.1. The van der Waals surface area contributed by atoms with E-state index in [0.29, 0.717) is 18.4 Å². The predicted molar refractivity (Wildman–Crippen MR) is 76.4 cm³/mol. The van der Waals surface area contributed by atoms with E-state index in [-0.39, 0.29) is 18.4 Å². The first-order valence-electron chi connectivity index (χ1n) is 7.72. The second-order valence-corrected chi connectivity index (χ2v) is 6.58. The summed E-state index contributed by atoms with van der Waals surface area (Å²) in [5.41, 5.74) is 0. The van der Waals surface area contributed by atoms with E-state index in [2.05, 4.69) is 12.2 Å². The number of urea groups is 1. The fourth-order valence-electron chi connectivity index (χ4n) is 3.11. The Morgan fingerprint density at radius 3 is 2.75 bits per heavy atom. The van der Waals surface area contributed by atoms with Crippen molar-refractivity contribution in [3.05, 3.63) is 0 Å². The molecular formula is C15H26N2O3. The van der Waals surface area contributed by atoms with Gasteiger partial charge in [0, 0.05) is 26.1 Å². The summed E-state index contributed by atoms with van der Waals surface area (Å²) in [5.74, 6) is 1.10. The lowest BCUT2D eigenvalue weighted by molar-refractivity contribution is -0.138. The van der Waals surface area contributed by atoms with Gasteiger partial charge in [-0.15, -0.1) is 0 Å². The molecule has 0 aromatic carbocycles. The molecule has 1 heterocycles. The Hall–Kier alpha value is -1.26. The number of carbonyl (C=O) groups excluding carboxylic acids is 1. The lowest BCUT2D eigenvalue weighted by atomic mass is 9.85. The van der Waals surface area contributed by atoms with Gasteiger partial charge in [-0.25, -0.2) is 4.79 Å². The van der Waals surface area contributed by atoms with E-state index in [4.69, 9.17) is 5.11 Å². The van der Waals surface area contributed by atoms with Gasteiger partial charge in [0.15, 0.2) is 0 Å².